The van der Waals surface area contributed by atoms with E-state index in [0.29, 0.717) is 30.1 Å². The van der Waals surface area contributed by atoms with E-state index < -0.39 is 11.6 Å². The maximum atomic E-state index is 13.4. The van der Waals surface area contributed by atoms with E-state index in [-0.39, 0.29) is 6.03 Å². The molecule has 0 spiro atoms. The van der Waals surface area contributed by atoms with Crippen LogP contribution in [-0.4, -0.2) is 43.2 Å². The van der Waals surface area contributed by atoms with E-state index in [1.54, 1.807) is 6.07 Å². The quantitative estimate of drug-likeness (QED) is 0.922. The van der Waals surface area contributed by atoms with Crippen LogP contribution in [0.25, 0.3) is 0 Å². The van der Waals surface area contributed by atoms with Gasteiger partial charge in [-0.1, -0.05) is 0 Å². The largest absolute Gasteiger partial charge is 0.371 e. The Balaban J connectivity index is 1.28. The number of nitrogens with one attached hydrogen (secondary N) is 1. The van der Waals surface area contributed by atoms with E-state index in [1.165, 1.54) is 25.0 Å². The van der Waals surface area contributed by atoms with Crippen LogP contribution in [0.2, 0.25) is 0 Å². The molecule has 4 nitrogen and oxygen atoms in total. The first-order valence-corrected chi connectivity index (χ1v) is 8.84. The average Bonchev–Trinajstić information content (AvgIpc) is 3.31. The highest BCUT2D eigenvalue weighted by Crippen LogP contribution is 2.37. The molecule has 2 aliphatic heterocycles. The van der Waals surface area contributed by atoms with Crippen LogP contribution in [0.15, 0.2) is 18.2 Å². The van der Waals surface area contributed by atoms with Gasteiger partial charge < -0.3 is 15.1 Å². The highest BCUT2D eigenvalue weighted by Gasteiger charge is 2.40. The van der Waals surface area contributed by atoms with Crippen LogP contribution < -0.4 is 10.2 Å². The predicted octanol–water partition coefficient (Wildman–Crippen LogP) is 2.99. The van der Waals surface area contributed by atoms with Gasteiger partial charge in [0.05, 0.1) is 0 Å². The molecule has 3 unspecified atom stereocenters. The summed E-state index contributed by atoms with van der Waals surface area (Å²) in [7, 11) is 0. The lowest BCUT2D eigenvalue weighted by atomic mass is 10.1. The Morgan fingerprint density at radius 1 is 1.17 bits per heavy atom. The Kier molecular flexibility index (Phi) is 4.06. The van der Waals surface area contributed by atoms with Crippen molar-refractivity contribution in [2.45, 2.75) is 31.7 Å². The fourth-order valence-electron chi connectivity index (χ4n) is 4.42. The van der Waals surface area contributed by atoms with Gasteiger partial charge in [-0.2, -0.15) is 0 Å². The third kappa shape index (κ3) is 2.94. The van der Waals surface area contributed by atoms with Crippen molar-refractivity contribution in [3.63, 3.8) is 0 Å². The second-order valence-corrected chi connectivity index (χ2v) is 7.37. The van der Waals surface area contributed by atoms with E-state index >= 15 is 0 Å². The molecule has 3 fully saturated rings. The number of anilines is 1. The second-order valence-electron chi connectivity index (χ2n) is 7.37. The van der Waals surface area contributed by atoms with Gasteiger partial charge in [-0.3, -0.25) is 0 Å². The minimum absolute atomic E-state index is 0.0634. The molecule has 6 heteroatoms. The van der Waals surface area contributed by atoms with Crippen molar-refractivity contribution in [2.75, 3.05) is 31.1 Å². The third-order valence-electron chi connectivity index (χ3n) is 5.77. The van der Waals surface area contributed by atoms with E-state index in [2.05, 4.69) is 10.2 Å². The van der Waals surface area contributed by atoms with Gasteiger partial charge in [0, 0.05) is 44.0 Å². The summed E-state index contributed by atoms with van der Waals surface area (Å²) in [5, 5.41) is 3.07. The fraction of sp³-hybridized carbons (Fsp3) is 0.611. The highest BCUT2D eigenvalue weighted by molar-refractivity contribution is 5.75. The van der Waals surface area contributed by atoms with Gasteiger partial charge in [-0.05, 0) is 49.7 Å². The average molecular weight is 335 g/mol. The van der Waals surface area contributed by atoms with Crippen molar-refractivity contribution in [1.29, 1.82) is 0 Å². The van der Waals surface area contributed by atoms with Crippen molar-refractivity contribution >= 4 is 11.7 Å². The molecule has 3 aliphatic rings. The minimum atomic E-state index is -0.818. The first-order chi connectivity index (χ1) is 11.6. The van der Waals surface area contributed by atoms with Crippen molar-refractivity contribution in [3.05, 3.63) is 29.8 Å². The van der Waals surface area contributed by atoms with E-state index in [9.17, 15) is 13.6 Å². The summed E-state index contributed by atoms with van der Waals surface area (Å²) in [5.41, 5.74) is 0.708. The van der Waals surface area contributed by atoms with Crippen molar-refractivity contribution in [2.24, 2.45) is 11.8 Å². The topological polar surface area (TPSA) is 35.6 Å². The maximum Gasteiger partial charge on any atom is 0.317 e. The highest BCUT2D eigenvalue weighted by atomic mass is 19.2. The number of rotatable bonds is 3. The molecule has 24 heavy (non-hydrogen) atoms. The summed E-state index contributed by atoms with van der Waals surface area (Å²) in [5.74, 6) is -0.576. The normalized spacial score (nSPS) is 28.7. The van der Waals surface area contributed by atoms with E-state index in [4.69, 9.17) is 0 Å². The lowest BCUT2D eigenvalue weighted by Gasteiger charge is -2.27. The number of piperidine rings is 1. The molecule has 1 saturated carbocycles. The number of nitrogens with zero attached hydrogens (tertiary/aromatic N) is 2. The minimum Gasteiger partial charge on any atom is -0.371 e. The first kappa shape index (κ1) is 15.7. The van der Waals surface area contributed by atoms with Gasteiger partial charge >= 0.3 is 6.03 Å². The van der Waals surface area contributed by atoms with Gasteiger partial charge in [0.2, 0.25) is 0 Å². The molecule has 130 valence electrons. The predicted molar refractivity (Wildman–Crippen MR) is 87.9 cm³/mol. The smallest absolute Gasteiger partial charge is 0.317 e. The molecule has 2 amide bonds. The maximum absolute atomic E-state index is 13.4. The van der Waals surface area contributed by atoms with Crippen LogP contribution in [0.4, 0.5) is 19.3 Å². The van der Waals surface area contributed by atoms with Crippen LogP contribution in [0, 0.1) is 23.5 Å². The van der Waals surface area contributed by atoms with Crippen LogP contribution in [0.1, 0.15) is 25.7 Å². The lowest BCUT2D eigenvalue weighted by molar-refractivity contribution is 0.179. The van der Waals surface area contributed by atoms with Crippen LogP contribution in [0.5, 0.6) is 0 Å². The Bertz CT molecular complexity index is 639. The molecule has 4 rings (SSSR count). The first-order valence-electron chi connectivity index (χ1n) is 8.84. The van der Waals surface area contributed by atoms with Crippen LogP contribution in [0.3, 0.4) is 0 Å². The van der Waals surface area contributed by atoms with Gasteiger partial charge in [0.15, 0.2) is 11.6 Å². The Hall–Kier alpha value is -1.85. The fourth-order valence-corrected chi connectivity index (χ4v) is 4.42. The summed E-state index contributed by atoms with van der Waals surface area (Å²) >= 11 is 0. The standard InChI is InChI=1S/C18H23F2N3O/c19-16-4-3-14(8-17(16)20)22-6-5-13(10-22)9-21-18(24)23-11-12-1-2-15(23)7-12/h3-4,8,12-13,15H,1-2,5-7,9-11H2,(H,21,24). The molecule has 1 N–H and O–H groups in total. The number of hydrogen-bond acceptors (Lipinski definition) is 2. The second kappa shape index (κ2) is 6.22. The molecule has 1 aromatic carbocycles. The number of urea groups is 1. The SMILES string of the molecule is O=C(NCC1CCN(c2ccc(F)c(F)c2)C1)N1CC2CCC1C2. The number of benzene rings is 1. The van der Waals surface area contributed by atoms with Crippen molar-refractivity contribution in [1.82, 2.24) is 10.2 Å². The van der Waals surface area contributed by atoms with Gasteiger partial charge in [0.1, 0.15) is 0 Å². The summed E-state index contributed by atoms with van der Waals surface area (Å²) in [6, 6.07) is 4.53. The summed E-state index contributed by atoms with van der Waals surface area (Å²) in [6.45, 7) is 3.12. The number of likely N-dealkylation sites (tertiary alicyclic amines) is 1. The Labute approximate surface area is 140 Å². The number of halogens is 2. The summed E-state index contributed by atoms with van der Waals surface area (Å²) < 4.78 is 26.4. The van der Waals surface area contributed by atoms with Crippen molar-refractivity contribution in [3.8, 4) is 0 Å². The van der Waals surface area contributed by atoms with Gasteiger partial charge in [-0.25, -0.2) is 13.6 Å². The third-order valence-corrected chi connectivity index (χ3v) is 5.77. The van der Waals surface area contributed by atoms with E-state index in [0.717, 1.165) is 32.5 Å². The lowest BCUT2D eigenvalue weighted by Crippen LogP contribution is -2.45. The molecule has 2 saturated heterocycles. The molecule has 3 atom stereocenters. The number of fused-ring (bicyclic) bond motifs is 2. The molecule has 1 aromatic rings. The Morgan fingerprint density at radius 3 is 2.75 bits per heavy atom. The summed E-state index contributed by atoms with van der Waals surface area (Å²) in [4.78, 5) is 16.4. The summed E-state index contributed by atoms with van der Waals surface area (Å²) in [6.07, 6.45) is 4.53. The van der Waals surface area contributed by atoms with Gasteiger partial charge in [-0.15, -0.1) is 0 Å². The zero-order valence-electron chi connectivity index (χ0n) is 13.7. The van der Waals surface area contributed by atoms with Crippen molar-refractivity contribution < 1.29 is 13.6 Å². The zero-order valence-corrected chi connectivity index (χ0v) is 13.7. The Morgan fingerprint density at radius 2 is 2.04 bits per heavy atom. The monoisotopic (exact) mass is 335 g/mol. The number of carbonyl (C=O) groups is 1. The molecule has 0 aromatic heterocycles. The number of amides is 2. The molecular weight excluding hydrogens is 312 g/mol. The molecule has 2 bridgehead atoms. The molecule has 1 aliphatic carbocycles. The van der Waals surface area contributed by atoms with Crippen LogP contribution in [-0.2, 0) is 0 Å². The molecular formula is C18H23F2N3O. The number of carbonyl (C=O) groups excluding carboxylic acids is 1. The van der Waals surface area contributed by atoms with Gasteiger partial charge in [0.25, 0.3) is 0 Å². The molecule has 2 heterocycles. The van der Waals surface area contributed by atoms with E-state index in [1.807, 2.05) is 4.90 Å². The van der Waals surface area contributed by atoms with Crippen LogP contribution >= 0.6 is 0 Å². The zero-order chi connectivity index (χ0) is 16.7. The number of hydrogen-bond donors (Lipinski definition) is 1. The molecule has 0 radical (unpaired) electrons.